The highest BCUT2D eigenvalue weighted by molar-refractivity contribution is 7.14. The largest absolute Gasteiger partial charge is 0.397 e. The first kappa shape index (κ1) is 17.7. The van der Waals surface area contributed by atoms with Crippen molar-refractivity contribution in [3.05, 3.63) is 66.3 Å². The zero-order valence-electron chi connectivity index (χ0n) is 15.9. The van der Waals surface area contributed by atoms with Crippen LogP contribution in [0.2, 0.25) is 0 Å². The molecule has 0 aliphatic carbocycles. The highest BCUT2D eigenvalue weighted by Gasteiger charge is 2.16. The van der Waals surface area contributed by atoms with E-state index < -0.39 is 0 Å². The van der Waals surface area contributed by atoms with Crippen molar-refractivity contribution in [3.63, 3.8) is 0 Å². The lowest BCUT2D eigenvalue weighted by atomic mass is 10.1. The third-order valence-electron chi connectivity index (χ3n) is 5.13. The summed E-state index contributed by atoms with van der Waals surface area (Å²) < 4.78 is 13.6. The van der Waals surface area contributed by atoms with Crippen LogP contribution in [0.25, 0.3) is 55.0 Å². The van der Waals surface area contributed by atoms with Gasteiger partial charge in [-0.2, -0.15) is 9.49 Å². The van der Waals surface area contributed by atoms with Crippen molar-refractivity contribution in [1.82, 2.24) is 30.1 Å². The van der Waals surface area contributed by atoms with Gasteiger partial charge in [-0.15, -0.1) is 11.3 Å². The van der Waals surface area contributed by atoms with Gasteiger partial charge in [0.2, 0.25) is 0 Å². The number of aromatic amines is 2. The van der Waals surface area contributed by atoms with Gasteiger partial charge in [0, 0.05) is 45.4 Å². The number of nitrogens with zero attached hydrogens (tertiary/aromatic N) is 4. The summed E-state index contributed by atoms with van der Waals surface area (Å²) in [5, 5.41) is 9.12. The number of hydrogen-bond donors (Lipinski definition) is 3. The quantitative estimate of drug-likeness (QED) is 0.368. The molecule has 31 heavy (non-hydrogen) atoms. The van der Waals surface area contributed by atoms with Gasteiger partial charge in [-0.1, -0.05) is 0 Å². The molecule has 9 heteroatoms. The molecule has 0 bridgehead atoms. The molecule has 0 aliphatic rings. The van der Waals surface area contributed by atoms with Crippen molar-refractivity contribution >= 4 is 39.0 Å². The first-order valence-electron chi connectivity index (χ1n) is 9.44. The molecule has 4 N–H and O–H groups in total. The fraction of sp³-hybridized carbons (Fsp3) is 0. The summed E-state index contributed by atoms with van der Waals surface area (Å²) >= 11 is 1.11. The molecule has 7 nitrogen and oxygen atoms in total. The van der Waals surface area contributed by atoms with Crippen molar-refractivity contribution in [2.24, 2.45) is 0 Å². The van der Waals surface area contributed by atoms with E-state index in [1.165, 1.54) is 6.07 Å². The molecule has 6 rings (SSSR count). The second-order valence-electron chi connectivity index (χ2n) is 7.10. The first-order valence-corrected chi connectivity index (χ1v) is 10.3. The van der Waals surface area contributed by atoms with Crippen molar-refractivity contribution in [2.75, 3.05) is 5.73 Å². The summed E-state index contributed by atoms with van der Waals surface area (Å²) in [4.78, 5) is 17.3. The molecule has 0 saturated carbocycles. The third-order valence-corrected chi connectivity index (χ3v) is 6.04. The molecule has 0 aromatic carbocycles. The average Bonchev–Trinajstić information content (AvgIpc) is 3.50. The van der Waals surface area contributed by atoms with E-state index in [2.05, 4.69) is 30.1 Å². The van der Waals surface area contributed by atoms with Crippen LogP contribution in [-0.2, 0) is 0 Å². The maximum atomic E-state index is 13.6. The van der Waals surface area contributed by atoms with Crippen LogP contribution in [-0.4, -0.2) is 30.1 Å². The van der Waals surface area contributed by atoms with Crippen LogP contribution in [0.4, 0.5) is 10.1 Å². The molecule has 0 amide bonds. The Morgan fingerprint density at radius 3 is 2.74 bits per heavy atom. The normalized spacial score (nSPS) is 11.5. The van der Waals surface area contributed by atoms with Crippen LogP contribution in [0.3, 0.4) is 0 Å². The van der Waals surface area contributed by atoms with Crippen LogP contribution < -0.4 is 5.73 Å². The molecule has 6 heterocycles. The zero-order valence-corrected chi connectivity index (χ0v) is 16.7. The highest BCUT2D eigenvalue weighted by atomic mass is 32.1. The Hall–Kier alpha value is -4.11. The summed E-state index contributed by atoms with van der Waals surface area (Å²) in [6.07, 6.45) is 6.78. The molecule has 0 radical (unpaired) electrons. The molecule has 6 aromatic heterocycles. The van der Waals surface area contributed by atoms with Crippen molar-refractivity contribution in [2.45, 2.75) is 0 Å². The molecule has 0 fully saturated rings. The van der Waals surface area contributed by atoms with Gasteiger partial charge in [-0.25, -0.2) is 4.98 Å². The van der Waals surface area contributed by atoms with E-state index in [0.717, 1.165) is 60.7 Å². The average molecular weight is 427 g/mol. The van der Waals surface area contributed by atoms with E-state index in [4.69, 9.17) is 5.73 Å². The Bertz CT molecular complexity index is 1580. The SMILES string of the molecule is Nc1cncc(-c2cc3c(-c4cc5c(-c6ccc(F)s6)ccnc5[nH]4)n[nH]c3cn2)c1. The minimum absolute atomic E-state index is 0.218. The van der Waals surface area contributed by atoms with E-state index in [1.54, 1.807) is 30.9 Å². The van der Waals surface area contributed by atoms with Crippen LogP contribution >= 0.6 is 11.3 Å². The molecule has 6 aromatic rings. The van der Waals surface area contributed by atoms with E-state index in [0.29, 0.717) is 11.3 Å². The Morgan fingerprint density at radius 1 is 0.968 bits per heavy atom. The smallest absolute Gasteiger partial charge is 0.176 e. The Balaban J connectivity index is 1.51. The second kappa shape index (κ2) is 6.71. The number of halogens is 1. The lowest BCUT2D eigenvalue weighted by molar-refractivity contribution is 0.657. The number of fused-ring (bicyclic) bond motifs is 2. The predicted octanol–water partition coefficient (Wildman–Crippen LogP) is 5.01. The summed E-state index contributed by atoms with van der Waals surface area (Å²) in [5.74, 6) is 0. The van der Waals surface area contributed by atoms with Crippen LogP contribution in [0.1, 0.15) is 0 Å². The maximum Gasteiger partial charge on any atom is 0.176 e. The number of aromatic nitrogens is 6. The lowest BCUT2D eigenvalue weighted by Gasteiger charge is -2.02. The maximum absolute atomic E-state index is 13.6. The number of H-pyrrole nitrogens is 2. The van der Waals surface area contributed by atoms with Gasteiger partial charge >= 0.3 is 0 Å². The van der Waals surface area contributed by atoms with Crippen molar-refractivity contribution < 1.29 is 4.39 Å². The van der Waals surface area contributed by atoms with Crippen LogP contribution in [0.15, 0.2) is 61.2 Å². The number of thiophene rings is 1. The van der Waals surface area contributed by atoms with Crippen LogP contribution in [0.5, 0.6) is 0 Å². The van der Waals surface area contributed by atoms with E-state index in [9.17, 15) is 4.39 Å². The Labute approximate surface area is 178 Å². The fourth-order valence-corrected chi connectivity index (χ4v) is 4.48. The fourth-order valence-electron chi connectivity index (χ4n) is 3.71. The number of nitrogen functional groups attached to an aromatic ring is 1. The molecule has 0 unspecified atom stereocenters. The molecule has 0 saturated heterocycles. The summed E-state index contributed by atoms with van der Waals surface area (Å²) in [7, 11) is 0. The molecule has 0 aliphatic heterocycles. The summed E-state index contributed by atoms with van der Waals surface area (Å²) in [6.45, 7) is 0. The van der Waals surface area contributed by atoms with Crippen molar-refractivity contribution in [3.8, 4) is 33.1 Å². The number of rotatable bonds is 3. The van der Waals surface area contributed by atoms with E-state index in [-0.39, 0.29) is 5.13 Å². The van der Waals surface area contributed by atoms with Gasteiger partial charge < -0.3 is 10.7 Å². The number of nitrogens with two attached hydrogens (primary N) is 1. The number of anilines is 1. The Morgan fingerprint density at radius 2 is 1.90 bits per heavy atom. The standard InChI is InChI=1S/C22H14FN7S/c23-20-2-1-19(31-20)13-3-4-26-22-14(13)6-17(28-22)21-15-7-16(27-10-18(15)29-30-21)11-5-12(24)9-25-8-11/h1-10H,24H2,(H,26,28)(H,29,30). The van der Waals surface area contributed by atoms with Gasteiger partial charge in [0.05, 0.1) is 28.8 Å². The minimum Gasteiger partial charge on any atom is -0.397 e. The minimum atomic E-state index is -0.218. The first-order chi connectivity index (χ1) is 15.2. The monoisotopic (exact) mass is 427 g/mol. The second-order valence-corrected chi connectivity index (χ2v) is 8.14. The van der Waals surface area contributed by atoms with Gasteiger partial charge in [0.1, 0.15) is 11.3 Å². The number of pyridine rings is 3. The summed E-state index contributed by atoms with van der Waals surface area (Å²) in [5.41, 5.74) is 12.0. The van der Waals surface area contributed by atoms with E-state index >= 15 is 0 Å². The van der Waals surface area contributed by atoms with Crippen molar-refractivity contribution in [1.29, 1.82) is 0 Å². The molecular formula is C22H14FN7S. The highest BCUT2D eigenvalue weighted by Crippen LogP contribution is 2.36. The zero-order chi connectivity index (χ0) is 20.9. The number of hydrogen-bond acceptors (Lipinski definition) is 6. The molecule has 150 valence electrons. The molecule has 0 spiro atoms. The summed E-state index contributed by atoms with van der Waals surface area (Å²) in [6, 6.07) is 10.9. The van der Waals surface area contributed by atoms with Gasteiger partial charge in [-0.05, 0) is 36.4 Å². The predicted molar refractivity (Wildman–Crippen MR) is 120 cm³/mol. The van der Waals surface area contributed by atoms with Crippen LogP contribution in [0, 0.1) is 5.13 Å². The lowest BCUT2D eigenvalue weighted by Crippen LogP contribution is -1.89. The van der Waals surface area contributed by atoms with Gasteiger partial charge in [-0.3, -0.25) is 15.1 Å². The number of nitrogens with one attached hydrogen (secondary N) is 2. The molecule has 0 atom stereocenters. The third kappa shape index (κ3) is 2.94. The Kier molecular flexibility index (Phi) is 3.84. The molecular weight excluding hydrogens is 413 g/mol. The van der Waals surface area contributed by atoms with E-state index in [1.807, 2.05) is 24.3 Å². The van der Waals surface area contributed by atoms with Gasteiger partial charge in [0.15, 0.2) is 5.13 Å². The van der Waals surface area contributed by atoms with Gasteiger partial charge in [0.25, 0.3) is 0 Å². The topological polar surface area (TPSA) is 109 Å².